The van der Waals surface area contributed by atoms with E-state index < -0.39 is 5.54 Å². The minimum Gasteiger partial charge on any atom is -0.494 e. The quantitative estimate of drug-likeness (QED) is 0.687. The molecule has 0 saturated heterocycles. The molecule has 1 aromatic rings. The van der Waals surface area contributed by atoms with Crippen molar-refractivity contribution < 1.29 is 14.6 Å². The largest absolute Gasteiger partial charge is 0.494 e. The van der Waals surface area contributed by atoms with Crippen molar-refractivity contribution in [2.45, 2.75) is 26.3 Å². The molecule has 0 atom stereocenters. The van der Waals surface area contributed by atoms with Crippen LogP contribution in [0.2, 0.25) is 0 Å². The van der Waals surface area contributed by atoms with E-state index in [-0.39, 0.29) is 12.5 Å². The van der Waals surface area contributed by atoms with Crippen LogP contribution in [0.3, 0.4) is 0 Å². The van der Waals surface area contributed by atoms with Crippen molar-refractivity contribution >= 4 is 11.6 Å². The summed E-state index contributed by atoms with van der Waals surface area (Å²) in [6.45, 7) is 5.70. The number of hydrogen-bond acceptors (Lipinski definition) is 4. The highest BCUT2D eigenvalue weighted by Gasteiger charge is 2.20. The first-order valence-corrected chi connectivity index (χ1v) is 5.84. The van der Waals surface area contributed by atoms with E-state index in [2.05, 4.69) is 5.32 Å². The fraction of sp³-hybridized carbons (Fsp3) is 0.462. The minimum absolute atomic E-state index is 0.140. The molecule has 0 aromatic heterocycles. The lowest BCUT2D eigenvalue weighted by atomic mass is 10.1. The molecular formula is C13H20N2O3. The molecule has 0 saturated carbocycles. The predicted octanol–water partition coefficient (Wildman–Crippen LogP) is 1.17. The van der Waals surface area contributed by atoms with Gasteiger partial charge in [-0.25, -0.2) is 0 Å². The molecule has 1 rings (SSSR count). The molecule has 0 heterocycles. The summed E-state index contributed by atoms with van der Waals surface area (Å²) in [5, 5.41) is 11.8. The van der Waals surface area contributed by atoms with Gasteiger partial charge in [0.2, 0.25) is 0 Å². The minimum atomic E-state index is -0.673. The van der Waals surface area contributed by atoms with Gasteiger partial charge in [-0.1, -0.05) is 0 Å². The fourth-order valence-electron chi connectivity index (χ4n) is 1.42. The Balaban J connectivity index is 2.92. The normalized spacial score (nSPS) is 11.1. The monoisotopic (exact) mass is 252 g/mol. The Labute approximate surface area is 107 Å². The Hall–Kier alpha value is -1.75. The number of amides is 1. The summed E-state index contributed by atoms with van der Waals surface area (Å²) >= 11 is 0. The maximum atomic E-state index is 12.0. The Kier molecular flexibility index (Phi) is 4.55. The average Bonchev–Trinajstić information content (AvgIpc) is 2.28. The number of ether oxygens (including phenoxy) is 1. The predicted molar refractivity (Wildman–Crippen MR) is 70.7 cm³/mol. The summed E-state index contributed by atoms with van der Waals surface area (Å²) in [6, 6.07) is 4.87. The Morgan fingerprint density at radius 2 is 2.11 bits per heavy atom. The zero-order valence-electron chi connectivity index (χ0n) is 11.0. The Morgan fingerprint density at radius 1 is 1.44 bits per heavy atom. The molecule has 0 unspecified atom stereocenters. The number of anilines is 1. The molecule has 1 amide bonds. The number of benzene rings is 1. The van der Waals surface area contributed by atoms with Crippen molar-refractivity contribution in [1.29, 1.82) is 0 Å². The van der Waals surface area contributed by atoms with Crippen molar-refractivity contribution in [1.82, 2.24) is 5.32 Å². The second kappa shape index (κ2) is 5.73. The fourth-order valence-corrected chi connectivity index (χ4v) is 1.42. The van der Waals surface area contributed by atoms with Crippen LogP contribution in [-0.2, 0) is 0 Å². The zero-order valence-corrected chi connectivity index (χ0v) is 11.0. The lowest BCUT2D eigenvalue weighted by Gasteiger charge is -2.23. The van der Waals surface area contributed by atoms with Gasteiger partial charge in [0.25, 0.3) is 5.91 Å². The summed E-state index contributed by atoms with van der Waals surface area (Å²) in [5.41, 5.74) is 5.92. The van der Waals surface area contributed by atoms with Gasteiger partial charge in [0.15, 0.2) is 0 Å². The third kappa shape index (κ3) is 3.92. The van der Waals surface area contributed by atoms with Crippen molar-refractivity contribution in [3.05, 3.63) is 23.8 Å². The highest BCUT2D eigenvalue weighted by molar-refractivity contribution is 5.96. The molecule has 5 nitrogen and oxygen atoms in total. The number of carbonyl (C=O) groups is 1. The standard InChI is InChI=1S/C13H20N2O3/c1-4-18-11-6-9(5-10(14)7-11)12(17)15-13(2,3)8-16/h5-7,16H,4,8,14H2,1-3H3,(H,15,17). The van der Waals surface area contributed by atoms with Gasteiger partial charge in [0.05, 0.1) is 18.8 Å². The lowest BCUT2D eigenvalue weighted by Crippen LogP contribution is -2.46. The molecule has 0 spiro atoms. The number of nitrogen functional groups attached to an aromatic ring is 1. The van der Waals surface area contributed by atoms with Crippen LogP contribution < -0.4 is 15.8 Å². The first-order valence-electron chi connectivity index (χ1n) is 5.84. The smallest absolute Gasteiger partial charge is 0.251 e. The molecular weight excluding hydrogens is 232 g/mol. The molecule has 0 aliphatic rings. The average molecular weight is 252 g/mol. The number of aliphatic hydroxyl groups excluding tert-OH is 1. The summed E-state index contributed by atoms with van der Waals surface area (Å²) in [5.74, 6) is 0.270. The maximum Gasteiger partial charge on any atom is 0.251 e. The second-order valence-corrected chi connectivity index (χ2v) is 4.72. The molecule has 18 heavy (non-hydrogen) atoms. The first kappa shape index (κ1) is 14.3. The number of hydrogen-bond donors (Lipinski definition) is 3. The van der Waals surface area contributed by atoms with Gasteiger partial charge < -0.3 is 20.9 Å². The van der Waals surface area contributed by atoms with E-state index in [9.17, 15) is 4.79 Å². The summed E-state index contributed by atoms with van der Waals surface area (Å²) in [4.78, 5) is 12.0. The van der Waals surface area contributed by atoms with Crippen LogP contribution in [-0.4, -0.2) is 29.8 Å². The number of nitrogens with two attached hydrogens (primary N) is 1. The van der Waals surface area contributed by atoms with Gasteiger partial charge in [-0.2, -0.15) is 0 Å². The molecule has 100 valence electrons. The van der Waals surface area contributed by atoms with Crippen LogP contribution in [0, 0.1) is 0 Å². The van der Waals surface area contributed by atoms with Gasteiger partial charge in [0, 0.05) is 17.3 Å². The van der Waals surface area contributed by atoms with Crippen molar-refractivity contribution in [2.24, 2.45) is 0 Å². The zero-order chi connectivity index (χ0) is 13.8. The van der Waals surface area contributed by atoms with Gasteiger partial charge in [-0.3, -0.25) is 4.79 Å². The topological polar surface area (TPSA) is 84.6 Å². The molecule has 0 bridgehead atoms. The molecule has 0 aliphatic carbocycles. The SMILES string of the molecule is CCOc1cc(N)cc(C(=O)NC(C)(C)CO)c1. The summed E-state index contributed by atoms with van der Waals surface area (Å²) in [6.07, 6.45) is 0. The van der Waals surface area contributed by atoms with E-state index in [1.165, 1.54) is 0 Å². The van der Waals surface area contributed by atoms with E-state index in [0.717, 1.165) is 0 Å². The van der Waals surface area contributed by atoms with Gasteiger partial charge >= 0.3 is 0 Å². The van der Waals surface area contributed by atoms with Crippen LogP contribution >= 0.6 is 0 Å². The van der Waals surface area contributed by atoms with E-state index >= 15 is 0 Å². The van der Waals surface area contributed by atoms with Gasteiger partial charge in [-0.05, 0) is 32.9 Å². The van der Waals surface area contributed by atoms with Crippen LogP contribution in [0.5, 0.6) is 5.75 Å². The van der Waals surface area contributed by atoms with Gasteiger partial charge in [0.1, 0.15) is 5.75 Å². The van der Waals surface area contributed by atoms with Crippen LogP contribution in [0.4, 0.5) is 5.69 Å². The number of carbonyl (C=O) groups excluding carboxylic acids is 1. The first-order chi connectivity index (χ1) is 8.38. The highest BCUT2D eigenvalue weighted by atomic mass is 16.5. The third-order valence-electron chi connectivity index (χ3n) is 2.35. The molecule has 1 aromatic carbocycles. The summed E-state index contributed by atoms with van der Waals surface area (Å²) in [7, 11) is 0. The van der Waals surface area contributed by atoms with Gasteiger partial charge in [-0.15, -0.1) is 0 Å². The number of rotatable bonds is 5. The highest BCUT2D eigenvalue weighted by Crippen LogP contribution is 2.19. The van der Waals surface area contributed by atoms with E-state index in [4.69, 9.17) is 15.6 Å². The number of aliphatic hydroxyl groups is 1. The molecule has 0 fully saturated rings. The second-order valence-electron chi connectivity index (χ2n) is 4.72. The molecule has 4 N–H and O–H groups in total. The maximum absolute atomic E-state index is 12.0. The number of nitrogens with one attached hydrogen (secondary N) is 1. The van der Waals surface area contributed by atoms with Crippen molar-refractivity contribution in [3.8, 4) is 5.75 Å². The summed E-state index contributed by atoms with van der Waals surface area (Å²) < 4.78 is 5.32. The van der Waals surface area contributed by atoms with Crippen molar-refractivity contribution in [3.63, 3.8) is 0 Å². The van der Waals surface area contributed by atoms with E-state index in [0.29, 0.717) is 23.6 Å². The lowest BCUT2D eigenvalue weighted by molar-refractivity contribution is 0.0869. The van der Waals surface area contributed by atoms with E-state index in [1.54, 1.807) is 32.0 Å². The van der Waals surface area contributed by atoms with Crippen LogP contribution in [0.1, 0.15) is 31.1 Å². The van der Waals surface area contributed by atoms with Crippen LogP contribution in [0.15, 0.2) is 18.2 Å². The Bertz CT molecular complexity index is 430. The Morgan fingerprint density at radius 3 is 2.67 bits per heavy atom. The molecule has 0 aliphatic heterocycles. The molecule has 5 heteroatoms. The third-order valence-corrected chi connectivity index (χ3v) is 2.35. The van der Waals surface area contributed by atoms with E-state index in [1.807, 2.05) is 6.92 Å². The van der Waals surface area contributed by atoms with Crippen molar-refractivity contribution in [2.75, 3.05) is 18.9 Å². The molecule has 0 radical (unpaired) electrons. The van der Waals surface area contributed by atoms with Crippen LogP contribution in [0.25, 0.3) is 0 Å².